The Kier molecular flexibility index (Phi) is 3.38. The molecule has 0 saturated carbocycles. The number of ether oxygens (including phenoxy) is 1. The van der Waals surface area contributed by atoms with Crippen molar-refractivity contribution in [2.24, 2.45) is 5.41 Å². The summed E-state index contributed by atoms with van der Waals surface area (Å²) in [6, 6.07) is 0. The summed E-state index contributed by atoms with van der Waals surface area (Å²) in [6.07, 6.45) is 3.45. The van der Waals surface area contributed by atoms with Crippen molar-refractivity contribution in [3.8, 4) is 0 Å². The van der Waals surface area contributed by atoms with Crippen molar-refractivity contribution >= 4 is 0 Å². The first kappa shape index (κ1) is 11.3. The normalized spacial score (nSPS) is 21.6. The lowest BCUT2D eigenvalue weighted by Gasteiger charge is -2.20. The monoisotopic (exact) mass is 196 g/mol. The fourth-order valence-corrected chi connectivity index (χ4v) is 1.78. The van der Waals surface area contributed by atoms with Crippen LogP contribution in [0.25, 0.3) is 0 Å². The van der Waals surface area contributed by atoms with Gasteiger partial charge in [-0.25, -0.2) is 0 Å². The van der Waals surface area contributed by atoms with E-state index in [0.29, 0.717) is 12.4 Å². The Bertz CT molecular complexity index is 251. The number of rotatable bonds is 4. The van der Waals surface area contributed by atoms with Gasteiger partial charge in [0.05, 0.1) is 6.61 Å². The first-order valence-corrected chi connectivity index (χ1v) is 5.15. The Labute approximate surface area is 86.3 Å². The van der Waals surface area contributed by atoms with E-state index in [2.05, 4.69) is 26.5 Å². The van der Waals surface area contributed by atoms with Crippen molar-refractivity contribution in [2.75, 3.05) is 6.61 Å². The van der Waals surface area contributed by atoms with Crippen LogP contribution in [-0.2, 0) is 4.74 Å². The van der Waals surface area contributed by atoms with E-state index in [1.807, 2.05) is 6.92 Å². The minimum atomic E-state index is -0.614. The summed E-state index contributed by atoms with van der Waals surface area (Å²) in [5.74, 6) is 0.469. The lowest BCUT2D eigenvalue weighted by Crippen LogP contribution is -2.16. The molecule has 1 rings (SSSR count). The Hall–Kier alpha value is -0.760. The van der Waals surface area contributed by atoms with Gasteiger partial charge in [0.1, 0.15) is 11.9 Å². The maximum absolute atomic E-state index is 9.89. The summed E-state index contributed by atoms with van der Waals surface area (Å²) in [4.78, 5) is 0. The summed E-state index contributed by atoms with van der Waals surface area (Å²) in [5.41, 5.74) is 1.33. The highest BCUT2D eigenvalue weighted by Crippen LogP contribution is 2.38. The molecule has 0 aromatic heterocycles. The molecular weight excluding hydrogens is 176 g/mol. The van der Waals surface area contributed by atoms with Gasteiger partial charge in [-0.3, -0.25) is 0 Å². The molecule has 1 unspecified atom stereocenters. The Morgan fingerprint density at radius 3 is 2.79 bits per heavy atom. The molecule has 0 bridgehead atoms. The van der Waals surface area contributed by atoms with Crippen LogP contribution in [-0.4, -0.2) is 17.8 Å². The van der Waals surface area contributed by atoms with Crippen molar-refractivity contribution in [3.05, 3.63) is 24.0 Å². The molecular formula is C12H20O2. The van der Waals surface area contributed by atoms with Gasteiger partial charge in [0.25, 0.3) is 0 Å². The zero-order valence-corrected chi connectivity index (χ0v) is 9.34. The number of hydrogen-bond donors (Lipinski definition) is 1. The molecule has 0 fully saturated rings. The van der Waals surface area contributed by atoms with Gasteiger partial charge in [0.15, 0.2) is 0 Å². The van der Waals surface area contributed by atoms with E-state index in [9.17, 15) is 5.11 Å². The highest BCUT2D eigenvalue weighted by Gasteiger charge is 2.29. The highest BCUT2D eigenvalue weighted by atomic mass is 16.5. The first-order valence-electron chi connectivity index (χ1n) is 5.15. The van der Waals surface area contributed by atoms with Crippen LogP contribution in [0.3, 0.4) is 0 Å². The van der Waals surface area contributed by atoms with Crippen LogP contribution in [0, 0.1) is 5.41 Å². The van der Waals surface area contributed by atoms with Crippen molar-refractivity contribution in [2.45, 2.75) is 39.7 Å². The van der Waals surface area contributed by atoms with Gasteiger partial charge >= 0.3 is 0 Å². The molecule has 2 heteroatoms. The van der Waals surface area contributed by atoms with Crippen LogP contribution >= 0.6 is 0 Å². The van der Waals surface area contributed by atoms with E-state index < -0.39 is 6.10 Å². The third-order valence-corrected chi connectivity index (χ3v) is 2.59. The zero-order chi connectivity index (χ0) is 10.8. The highest BCUT2D eigenvalue weighted by molar-refractivity contribution is 5.23. The van der Waals surface area contributed by atoms with Gasteiger partial charge in [-0.15, -0.1) is 0 Å². The van der Waals surface area contributed by atoms with E-state index in [0.717, 1.165) is 18.4 Å². The van der Waals surface area contributed by atoms with Gasteiger partial charge in [0.2, 0.25) is 0 Å². The fraction of sp³-hybridized carbons (Fsp3) is 0.667. The third-order valence-electron chi connectivity index (χ3n) is 2.59. The van der Waals surface area contributed by atoms with Crippen LogP contribution < -0.4 is 0 Å². The largest absolute Gasteiger partial charge is 0.496 e. The molecule has 0 heterocycles. The lowest BCUT2D eigenvalue weighted by atomic mass is 9.88. The molecule has 1 aliphatic rings. The Morgan fingerprint density at radius 2 is 2.36 bits per heavy atom. The lowest BCUT2D eigenvalue weighted by molar-refractivity contribution is 0.126. The molecule has 0 aromatic carbocycles. The summed E-state index contributed by atoms with van der Waals surface area (Å²) in [5, 5.41) is 9.89. The molecule has 0 aromatic rings. The summed E-state index contributed by atoms with van der Waals surface area (Å²) in [6.45, 7) is 10.6. The molecule has 0 amide bonds. The predicted octanol–water partition coefficient (Wildman–Crippen LogP) is 2.64. The van der Waals surface area contributed by atoms with Crippen LogP contribution in [0.5, 0.6) is 0 Å². The van der Waals surface area contributed by atoms with E-state index in [1.165, 1.54) is 0 Å². The quantitative estimate of drug-likeness (QED) is 0.553. The van der Waals surface area contributed by atoms with E-state index in [-0.39, 0.29) is 5.41 Å². The summed E-state index contributed by atoms with van der Waals surface area (Å²) >= 11 is 0. The molecule has 0 radical (unpaired) electrons. The van der Waals surface area contributed by atoms with Crippen LogP contribution in [0.2, 0.25) is 0 Å². The molecule has 1 atom stereocenters. The van der Waals surface area contributed by atoms with Crippen molar-refractivity contribution in [3.63, 3.8) is 0 Å². The van der Waals surface area contributed by atoms with Gasteiger partial charge in [-0.05, 0) is 30.8 Å². The van der Waals surface area contributed by atoms with Gasteiger partial charge in [0, 0.05) is 0 Å². The molecule has 0 spiro atoms. The second-order valence-electron chi connectivity index (χ2n) is 4.63. The number of aliphatic hydroxyl groups is 1. The van der Waals surface area contributed by atoms with Gasteiger partial charge < -0.3 is 9.84 Å². The second-order valence-corrected chi connectivity index (χ2v) is 4.63. The molecule has 80 valence electrons. The fourth-order valence-electron chi connectivity index (χ4n) is 1.78. The van der Waals surface area contributed by atoms with Gasteiger partial charge in [-0.1, -0.05) is 26.5 Å². The van der Waals surface area contributed by atoms with E-state index >= 15 is 0 Å². The Balaban J connectivity index is 2.55. The maximum Gasteiger partial charge on any atom is 0.131 e. The average Bonchev–Trinajstić information content (AvgIpc) is 2.45. The number of hydrogen-bond acceptors (Lipinski definition) is 2. The zero-order valence-electron chi connectivity index (χ0n) is 9.34. The average molecular weight is 196 g/mol. The van der Waals surface area contributed by atoms with Gasteiger partial charge in [-0.2, -0.15) is 0 Å². The third kappa shape index (κ3) is 2.61. The molecule has 1 N–H and O–H groups in total. The van der Waals surface area contributed by atoms with E-state index in [4.69, 9.17) is 4.74 Å². The van der Waals surface area contributed by atoms with Crippen molar-refractivity contribution in [1.29, 1.82) is 0 Å². The molecule has 0 aliphatic heterocycles. The summed E-state index contributed by atoms with van der Waals surface area (Å²) in [7, 11) is 0. The maximum atomic E-state index is 9.89. The number of allylic oxidation sites excluding steroid dienone is 1. The van der Waals surface area contributed by atoms with Crippen LogP contribution in [0.4, 0.5) is 0 Å². The SMILES string of the molecule is C=C(OCC)C(O)C1=CCC(C)(C)C1. The Morgan fingerprint density at radius 1 is 1.71 bits per heavy atom. The predicted molar refractivity (Wildman–Crippen MR) is 57.9 cm³/mol. The first-order chi connectivity index (χ1) is 6.46. The molecule has 2 nitrogen and oxygen atoms in total. The minimum Gasteiger partial charge on any atom is -0.496 e. The van der Waals surface area contributed by atoms with Crippen LogP contribution in [0.15, 0.2) is 24.0 Å². The molecule has 14 heavy (non-hydrogen) atoms. The standard InChI is InChI=1S/C12H20O2/c1-5-14-9(2)11(13)10-6-7-12(3,4)8-10/h6,11,13H,2,5,7-8H2,1,3-4H3. The molecule has 0 saturated heterocycles. The van der Waals surface area contributed by atoms with E-state index in [1.54, 1.807) is 0 Å². The second kappa shape index (κ2) is 4.18. The smallest absolute Gasteiger partial charge is 0.131 e. The summed E-state index contributed by atoms with van der Waals surface area (Å²) < 4.78 is 5.20. The van der Waals surface area contributed by atoms with Crippen molar-refractivity contribution < 1.29 is 9.84 Å². The topological polar surface area (TPSA) is 29.5 Å². The van der Waals surface area contributed by atoms with Crippen molar-refractivity contribution in [1.82, 2.24) is 0 Å². The van der Waals surface area contributed by atoms with Crippen LogP contribution in [0.1, 0.15) is 33.6 Å². The minimum absolute atomic E-state index is 0.281. The molecule has 1 aliphatic carbocycles. The number of aliphatic hydroxyl groups excluding tert-OH is 1.